The Morgan fingerprint density at radius 2 is 1.60 bits per heavy atom. The molecule has 10 heteroatoms. The van der Waals surface area contributed by atoms with Crippen molar-refractivity contribution in [3.63, 3.8) is 0 Å². The van der Waals surface area contributed by atoms with Crippen LogP contribution >= 0.6 is 0 Å². The maximum absolute atomic E-state index is 12.1. The largest absolute Gasteiger partial charge is 0.423 e. The van der Waals surface area contributed by atoms with E-state index in [1.54, 1.807) is 0 Å². The van der Waals surface area contributed by atoms with Crippen LogP contribution in [0.1, 0.15) is 13.8 Å². The molecule has 0 aliphatic rings. The van der Waals surface area contributed by atoms with Gasteiger partial charge < -0.3 is 9.47 Å². The zero-order chi connectivity index (χ0) is 18.8. The molecule has 25 heavy (non-hydrogen) atoms. The number of benzene rings is 1. The fourth-order valence-electron chi connectivity index (χ4n) is 1.95. The summed E-state index contributed by atoms with van der Waals surface area (Å²) in [6.45, 7) is 2.32. The Morgan fingerprint density at radius 1 is 1.00 bits per heavy atom. The fourth-order valence-corrected chi connectivity index (χ4v) is 2.44. The molecule has 9 nitrogen and oxygen atoms in total. The molecule has 2 aromatic rings. The van der Waals surface area contributed by atoms with E-state index in [1.165, 1.54) is 25.1 Å². The van der Waals surface area contributed by atoms with Crippen molar-refractivity contribution >= 4 is 22.1 Å². The Kier molecular flexibility index (Phi) is 5.04. The first-order valence-corrected chi connectivity index (χ1v) is 8.23. The third-order valence-corrected chi connectivity index (χ3v) is 3.75. The summed E-state index contributed by atoms with van der Waals surface area (Å²) in [6.07, 6.45) is 1.13. The first-order chi connectivity index (χ1) is 11.6. The molecule has 0 fully saturated rings. The van der Waals surface area contributed by atoms with Gasteiger partial charge in [0.2, 0.25) is 0 Å². The number of pyridine rings is 1. The Labute approximate surface area is 142 Å². The van der Waals surface area contributed by atoms with E-state index in [-0.39, 0.29) is 17.2 Å². The number of aromatic nitrogens is 1. The van der Waals surface area contributed by atoms with Crippen molar-refractivity contribution in [2.45, 2.75) is 18.7 Å². The average Bonchev–Trinajstić information content (AvgIpc) is 2.47. The predicted molar refractivity (Wildman–Crippen MR) is 84.5 cm³/mol. The van der Waals surface area contributed by atoms with Crippen LogP contribution in [0.4, 0.5) is 0 Å². The van der Waals surface area contributed by atoms with Gasteiger partial charge in [0.25, 0.3) is 15.7 Å². The molecule has 0 aliphatic carbocycles. The molecule has 0 atom stereocenters. The highest BCUT2D eigenvalue weighted by Gasteiger charge is 2.15. The molecule has 1 aromatic carbocycles. The Hall–Kier alpha value is -2.98. The van der Waals surface area contributed by atoms with Gasteiger partial charge in [-0.05, 0) is 18.2 Å². The molecule has 1 N–H and O–H groups in total. The minimum Gasteiger partial charge on any atom is -0.423 e. The number of nitrogens with zero attached hydrogens (tertiary/aromatic N) is 1. The molecule has 132 valence electrons. The lowest BCUT2D eigenvalue weighted by atomic mass is 10.2. The minimum atomic E-state index is -4.51. The van der Waals surface area contributed by atoms with Gasteiger partial charge in [-0.1, -0.05) is 0 Å². The van der Waals surface area contributed by atoms with Crippen molar-refractivity contribution in [1.82, 2.24) is 4.57 Å². The zero-order valence-corrected chi connectivity index (χ0v) is 13.9. The van der Waals surface area contributed by atoms with Crippen molar-refractivity contribution in [2.75, 3.05) is 0 Å². The number of esters is 2. The van der Waals surface area contributed by atoms with Crippen molar-refractivity contribution < 1.29 is 32.0 Å². The van der Waals surface area contributed by atoms with Gasteiger partial charge >= 0.3 is 11.9 Å². The highest BCUT2D eigenvalue weighted by Crippen LogP contribution is 2.30. The topological polar surface area (TPSA) is 129 Å². The maximum atomic E-state index is 12.1. The number of hydrogen-bond acceptors (Lipinski definition) is 7. The molecule has 0 amide bonds. The molecule has 1 aromatic heterocycles. The summed E-state index contributed by atoms with van der Waals surface area (Å²) in [4.78, 5) is 33.8. The zero-order valence-electron chi connectivity index (χ0n) is 13.1. The molecule has 0 bridgehead atoms. The van der Waals surface area contributed by atoms with Crippen LogP contribution < -0.4 is 15.0 Å². The number of ether oxygens (including phenoxy) is 2. The standard InChI is InChI=1S/C15H13NO8S/c1-9(17)23-13-4-3-11(7-14(13)24-10(2)18)16-6-5-12(8-15(16)19)25(20,21)22/h3-8H,1-2H3,(H,20,21,22). The third kappa shape index (κ3) is 4.52. The second-order valence-corrected chi connectivity index (χ2v) is 6.29. The van der Waals surface area contributed by atoms with Gasteiger partial charge in [0, 0.05) is 32.2 Å². The van der Waals surface area contributed by atoms with Crippen molar-refractivity contribution in [3.8, 4) is 17.2 Å². The lowest BCUT2D eigenvalue weighted by Gasteiger charge is -2.12. The van der Waals surface area contributed by atoms with Gasteiger partial charge in [-0.15, -0.1) is 0 Å². The van der Waals surface area contributed by atoms with Gasteiger partial charge in [0.15, 0.2) is 11.5 Å². The first kappa shape index (κ1) is 18.4. The number of rotatable bonds is 4. The number of carbonyl (C=O) groups is 2. The summed E-state index contributed by atoms with van der Waals surface area (Å²) >= 11 is 0. The van der Waals surface area contributed by atoms with E-state index in [2.05, 4.69) is 0 Å². The summed E-state index contributed by atoms with van der Waals surface area (Å²) < 4.78 is 42.0. The molecule has 0 spiro atoms. The summed E-state index contributed by atoms with van der Waals surface area (Å²) in [5, 5.41) is 0. The Balaban J connectivity index is 2.54. The number of carbonyl (C=O) groups excluding carboxylic acids is 2. The summed E-state index contributed by atoms with van der Waals surface area (Å²) in [5.74, 6) is -1.41. The first-order valence-electron chi connectivity index (χ1n) is 6.79. The molecule has 0 radical (unpaired) electrons. The highest BCUT2D eigenvalue weighted by atomic mass is 32.2. The van der Waals surface area contributed by atoms with E-state index in [0.717, 1.165) is 29.8 Å². The molecule has 1 heterocycles. The van der Waals surface area contributed by atoms with Gasteiger partial charge in [-0.3, -0.25) is 23.5 Å². The molecular formula is C15H13NO8S. The van der Waals surface area contributed by atoms with Crippen LogP contribution in [0.5, 0.6) is 11.5 Å². The quantitative estimate of drug-likeness (QED) is 0.480. The molecule has 0 saturated heterocycles. The van der Waals surface area contributed by atoms with Gasteiger partial charge in [-0.2, -0.15) is 8.42 Å². The molecule has 0 aliphatic heterocycles. The molecular weight excluding hydrogens is 354 g/mol. The molecule has 0 unspecified atom stereocenters. The van der Waals surface area contributed by atoms with Gasteiger partial charge in [-0.25, -0.2) is 0 Å². The molecule has 0 saturated carbocycles. The maximum Gasteiger partial charge on any atom is 0.308 e. The van der Waals surface area contributed by atoms with Crippen molar-refractivity contribution in [3.05, 3.63) is 46.9 Å². The van der Waals surface area contributed by atoms with Crippen LogP contribution in [0, 0.1) is 0 Å². The highest BCUT2D eigenvalue weighted by molar-refractivity contribution is 7.85. The van der Waals surface area contributed by atoms with Crippen LogP contribution in [0.15, 0.2) is 46.2 Å². The monoisotopic (exact) mass is 367 g/mol. The van der Waals surface area contributed by atoms with E-state index in [4.69, 9.17) is 14.0 Å². The van der Waals surface area contributed by atoms with Crippen LogP contribution in [-0.2, 0) is 19.7 Å². The summed E-state index contributed by atoms with van der Waals surface area (Å²) in [7, 11) is -4.51. The van der Waals surface area contributed by atoms with Crippen molar-refractivity contribution in [2.24, 2.45) is 0 Å². The van der Waals surface area contributed by atoms with E-state index in [1.807, 2.05) is 0 Å². The van der Waals surface area contributed by atoms with Crippen LogP contribution in [0.3, 0.4) is 0 Å². The fraction of sp³-hybridized carbons (Fsp3) is 0.133. The Morgan fingerprint density at radius 3 is 2.12 bits per heavy atom. The SMILES string of the molecule is CC(=O)Oc1ccc(-n2ccc(S(=O)(=O)O)cc2=O)cc1OC(C)=O. The van der Waals surface area contributed by atoms with Crippen LogP contribution in [0.2, 0.25) is 0 Å². The van der Waals surface area contributed by atoms with Crippen LogP contribution in [0.25, 0.3) is 5.69 Å². The van der Waals surface area contributed by atoms with Gasteiger partial charge in [0.05, 0.1) is 5.69 Å². The van der Waals surface area contributed by atoms with E-state index >= 15 is 0 Å². The lowest BCUT2D eigenvalue weighted by Crippen LogP contribution is -2.18. The second kappa shape index (κ2) is 6.87. The molecule has 2 rings (SSSR count). The van der Waals surface area contributed by atoms with E-state index in [9.17, 15) is 22.8 Å². The van der Waals surface area contributed by atoms with Crippen LogP contribution in [-0.4, -0.2) is 29.5 Å². The van der Waals surface area contributed by atoms with E-state index in [0.29, 0.717) is 0 Å². The second-order valence-electron chi connectivity index (χ2n) is 4.86. The van der Waals surface area contributed by atoms with Crippen molar-refractivity contribution in [1.29, 1.82) is 0 Å². The number of hydrogen-bond donors (Lipinski definition) is 1. The lowest BCUT2D eigenvalue weighted by molar-refractivity contribution is -0.134. The average molecular weight is 367 g/mol. The Bertz CT molecular complexity index is 1010. The third-order valence-electron chi connectivity index (χ3n) is 2.90. The summed E-state index contributed by atoms with van der Waals surface area (Å²) in [5.41, 5.74) is -0.525. The van der Waals surface area contributed by atoms with Gasteiger partial charge in [0.1, 0.15) is 4.90 Å². The smallest absolute Gasteiger partial charge is 0.308 e. The minimum absolute atomic E-state index is 0.0194. The predicted octanol–water partition coefficient (Wildman–Crippen LogP) is 0.935. The normalized spacial score (nSPS) is 11.0. The van der Waals surface area contributed by atoms with E-state index < -0.39 is 32.5 Å². The summed E-state index contributed by atoms with van der Waals surface area (Å²) in [6, 6.07) is 5.76.